The Hall–Kier alpha value is -2.63. The minimum Gasteiger partial charge on any atom is -0.476 e. The number of aromatic carboxylic acids is 1. The van der Waals surface area contributed by atoms with Crippen LogP contribution in [-0.2, 0) is 7.05 Å². The first-order chi connectivity index (χ1) is 8.66. The summed E-state index contributed by atoms with van der Waals surface area (Å²) in [6.45, 7) is 0. The molecular formula is C12H10N4O2. The Balaban J connectivity index is 2.26. The van der Waals surface area contributed by atoms with E-state index < -0.39 is 5.97 Å². The standard InChI is InChI=1S/C12H10N4O2/c1-16-10(5-9(15-16)12(17)18)8-4-2-3-7-6-13-14-11(7)8/h2-6H,1H3,(H,13,14)(H,17,18). The first-order valence-corrected chi connectivity index (χ1v) is 5.36. The predicted octanol–water partition coefficient (Wildman–Crippen LogP) is 1.66. The van der Waals surface area contributed by atoms with Crippen LogP contribution in [0, 0.1) is 0 Å². The van der Waals surface area contributed by atoms with Gasteiger partial charge in [0.25, 0.3) is 0 Å². The molecule has 18 heavy (non-hydrogen) atoms. The molecule has 0 saturated carbocycles. The fourth-order valence-corrected chi connectivity index (χ4v) is 2.01. The highest BCUT2D eigenvalue weighted by atomic mass is 16.4. The Kier molecular flexibility index (Phi) is 2.16. The number of aryl methyl sites for hydroxylation is 1. The highest BCUT2D eigenvalue weighted by molar-refractivity contribution is 5.94. The van der Waals surface area contributed by atoms with E-state index in [4.69, 9.17) is 5.11 Å². The molecule has 0 aliphatic rings. The average Bonchev–Trinajstić information content (AvgIpc) is 2.94. The lowest BCUT2D eigenvalue weighted by atomic mass is 10.1. The van der Waals surface area contributed by atoms with E-state index in [9.17, 15) is 4.79 Å². The van der Waals surface area contributed by atoms with E-state index in [1.54, 1.807) is 24.0 Å². The molecule has 3 aromatic rings. The Bertz CT molecular complexity index is 741. The first kappa shape index (κ1) is 10.5. The van der Waals surface area contributed by atoms with E-state index in [1.165, 1.54) is 0 Å². The Morgan fingerprint density at radius 2 is 2.28 bits per heavy atom. The molecule has 6 heteroatoms. The van der Waals surface area contributed by atoms with Crippen molar-refractivity contribution in [2.24, 2.45) is 7.05 Å². The third-order valence-electron chi connectivity index (χ3n) is 2.85. The molecule has 3 rings (SSSR count). The number of carboxylic acids is 1. The molecule has 90 valence electrons. The second-order valence-electron chi connectivity index (χ2n) is 3.98. The molecule has 2 N–H and O–H groups in total. The lowest BCUT2D eigenvalue weighted by Crippen LogP contribution is -1.99. The molecule has 0 bridgehead atoms. The lowest BCUT2D eigenvalue weighted by molar-refractivity contribution is 0.0689. The van der Waals surface area contributed by atoms with Crippen LogP contribution in [-0.4, -0.2) is 31.1 Å². The lowest BCUT2D eigenvalue weighted by Gasteiger charge is -2.02. The third-order valence-corrected chi connectivity index (χ3v) is 2.85. The Morgan fingerprint density at radius 3 is 3.00 bits per heavy atom. The number of fused-ring (bicyclic) bond motifs is 1. The summed E-state index contributed by atoms with van der Waals surface area (Å²) in [5.41, 5.74) is 2.52. The number of nitrogens with zero attached hydrogens (tertiary/aromatic N) is 3. The van der Waals surface area contributed by atoms with E-state index in [-0.39, 0.29) is 5.69 Å². The molecule has 0 aliphatic carbocycles. The number of H-pyrrole nitrogens is 1. The molecule has 1 aromatic carbocycles. The van der Waals surface area contributed by atoms with Gasteiger partial charge in [-0.1, -0.05) is 18.2 Å². The molecule has 0 unspecified atom stereocenters. The van der Waals surface area contributed by atoms with E-state index >= 15 is 0 Å². The van der Waals surface area contributed by atoms with Gasteiger partial charge in [0.1, 0.15) is 0 Å². The fraction of sp³-hybridized carbons (Fsp3) is 0.0833. The number of nitrogens with one attached hydrogen (secondary N) is 1. The van der Waals surface area contributed by atoms with E-state index in [1.807, 2.05) is 18.2 Å². The monoisotopic (exact) mass is 242 g/mol. The number of hydrogen-bond acceptors (Lipinski definition) is 3. The number of carboxylic acid groups (broad SMARTS) is 1. The quantitative estimate of drug-likeness (QED) is 0.715. The molecule has 0 aliphatic heterocycles. The maximum absolute atomic E-state index is 10.9. The van der Waals surface area contributed by atoms with Crippen LogP contribution in [0.1, 0.15) is 10.5 Å². The molecule has 0 spiro atoms. The summed E-state index contributed by atoms with van der Waals surface area (Å²) in [5.74, 6) is -1.03. The highest BCUT2D eigenvalue weighted by Gasteiger charge is 2.14. The Morgan fingerprint density at radius 1 is 1.44 bits per heavy atom. The Labute approximate surface area is 102 Å². The number of para-hydroxylation sites is 1. The maximum Gasteiger partial charge on any atom is 0.356 e. The summed E-state index contributed by atoms with van der Waals surface area (Å²) in [5, 5.41) is 20.8. The van der Waals surface area contributed by atoms with Gasteiger partial charge in [-0.05, 0) is 6.07 Å². The molecule has 2 aromatic heterocycles. The van der Waals surface area contributed by atoms with Crippen molar-refractivity contribution < 1.29 is 9.90 Å². The van der Waals surface area contributed by atoms with Crippen molar-refractivity contribution in [1.82, 2.24) is 20.0 Å². The van der Waals surface area contributed by atoms with E-state index in [2.05, 4.69) is 15.3 Å². The van der Waals surface area contributed by atoms with Crippen LogP contribution in [0.3, 0.4) is 0 Å². The molecule has 0 amide bonds. The van der Waals surface area contributed by atoms with Gasteiger partial charge in [0.2, 0.25) is 0 Å². The number of benzene rings is 1. The molecule has 0 atom stereocenters. The van der Waals surface area contributed by atoms with Crippen molar-refractivity contribution in [1.29, 1.82) is 0 Å². The molecule has 0 fully saturated rings. The van der Waals surface area contributed by atoms with Crippen molar-refractivity contribution in [2.75, 3.05) is 0 Å². The molecule has 0 saturated heterocycles. The van der Waals surface area contributed by atoms with Crippen LogP contribution in [0.25, 0.3) is 22.2 Å². The van der Waals surface area contributed by atoms with Crippen molar-refractivity contribution in [3.63, 3.8) is 0 Å². The van der Waals surface area contributed by atoms with Crippen LogP contribution in [0.4, 0.5) is 0 Å². The summed E-state index contributed by atoms with van der Waals surface area (Å²) in [6.07, 6.45) is 1.73. The van der Waals surface area contributed by atoms with Gasteiger partial charge in [-0.3, -0.25) is 9.78 Å². The minimum atomic E-state index is -1.03. The predicted molar refractivity (Wildman–Crippen MR) is 65.3 cm³/mol. The van der Waals surface area contributed by atoms with Crippen molar-refractivity contribution in [3.8, 4) is 11.3 Å². The second kappa shape index (κ2) is 3.69. The second-order valence-corrected chi connectivity index (χ2v) is 3.98. The topological polar surface area (TPSA) is 83.8 Å². The fourth-order valence-electron chi connectivity index (χ4n) is 2.01. The van der Waals surface area contributed by atoms with Gasteiger partial charge in [0.15, 0.2) is 5.69 Å². The van der Waals surface area contributed by atoms with Gasteiger partial charge >= 0.3 is 5.97 Å². The van der Waals surface area contributed by atoms with E-state index in [0.29, 0.717) is 0 Å². The smallest absolute Gasteiger partial charge is 0.356 e. The number of aromatic amines is 1. The zero-order valence-corrected chi connectivity index (χ0v) is 9.58. The highest BCUT2D eigenvalue weighted by Crippen LogP contribution is 2.27. The van der Waals surface area contributed by atoms with Gasteiger partial charge in [-0.2, -0.15) is 10.2 Å². The van der Waals surface area contributed by atoms with Crippen molar-refractivity contribution in [2.45, 2.75) is 0 Å². The average molecular weight is 242 g/mol. The number of carbonyl (C=O) groups is 1. The molecule has 6 nitrogen and oxygen atoms in total. The van der Waals surface area contributed by atoms with E-state index in [0.717, 1.165) is 22.2 Å². The van der Waals surface area contributed by atoms with Gasteiger partial charge in [0, 0.05) is 18.0 Å². The number of hydrogen-bond donors (Lipinski definition) is 2. The van der Waals surface area contributed by atoms with Gasteiger partial charge in [0.05, 0.1) is 17.4 Å². The molecular weight excluding hydrogens is 232 g/mol. The van der Waals surface area contributed by atoms with Gasteiger partial charge in [-0.15, -0.1) is 0 Å². The summed E-state index contributed by atoms with van der Waals surface area (Å²) < 4.78 is 1.55. The minimum absolute atomic E-state index is 0.0315. The van der Waals surface area contributed by atoms with Crippen LogP contribution in [0.15, 0.2) is 30.5 Å². The molecule has 2 heterocycles. The summed E-state index contributed by atoms with van der Waals surface area (Å²) in [7, 11) is 1.72. The normalized spacial score (nSPS) is 10.9. The van der Waals surface area contributed by atoms with Crippen LogP contribution in [0.5, 0.6) is 0 Å². The van der Waals surface area contributed by atoms with Crippen molar-refractivity contribution in [3.05, 3.63) is 36.2 Å². The van der Waals surface area contributed by atoms with Crippen LogP contribution >= 0.6 is 0 Å². The zero-order valence-electron chi connectivity index (χ0n) is 9.58. The SMILES string of the molecule is Cn1nc(C(=O)O)cc1-c1cccc2cn[nH]c12. The van der Waals surface area contributed by atoms with Gasteiger partial charge in [-0.25, -0.2) is 4.79 Å². The van der Waals surface area contributed by atoms with Gasteiger partial charge < -0.3 is 5.11 Å². The largest absolute Gasteiger partial charge is 0.476 e. The number of aromatic nitrogens is 4. The maximum atomic E-state index is 10.9. The summed E-state index contributed by atoms with van der Waals surface area (Å²) in [4.78, 5) is 10.9. The molecule has 0 radical (unpaired) electrons. The summed E-state index contributed by atoms with van der Waals surface area (Å²) in [6, 6.07) is 7.30. The van der Waals surface area contributed by atoms with Crippen molar-refractivity contribution >= 4 is 16.9 Å². The zero-order chi connectivity index (χ0) is 12.7. The first-order valence-electron chi connectivity index (χ1n) is 5.36. The number of rotatable bonds is 2. The third kappa shape index (κ3) is 1.46. The van der Waals surface area contributed by atoms with Crippen LogP contribution < -0.4 is 0 Å². The van der Waals surface area contributed by atoms with Crippen LogP contribution in [0.2, 0.25) is 0 Å². The summed E-state index contributed by atoms with van der Waals surface area (Å²) >= 11 is 0.